The van der Waals surface area contributed by atoms with Gasteiger partial charge in [-0.1, -0.05) is 11.6 Å². The van der Waals surface area contributed by atoms with Crippen molar-refractivity contribution in [3.8, 4) is 17.0 Å². The Balaban J connectivity index is 2.47. The summed E-state index contributed by atoms with van der Waals surface area (Å²) in [5, 5.41) is 0.495. The molecule has 1 heterocycles. The molecule has 1 aromatic heterocycles. The number of halogens is 2. The Morgan fingerprint density at radius 2 is 1.95 bits per heavy atom. The summed E-state index contributed by atoms with van der Waals surface area (Å²) in [7, 11) is 1.57. The van der Waals surface area contributed by atoms with Crippen LogP contribution in [0.5, 0.6) is 5.75 Å². The molecule has 118 valence electrons. The van der Waals surface area contributed by atoms with Crippen molar-refractivity contribution in [2.75, 3.05) is 7.11 Å². The van der Waals surface area contributed by atoms with Gasteiger partial charge in [0.15, 0.2) is 0 Å². The molecular weight excluding hydrogens is 370 g/mol. The predicted octanol–water partition coefficient (Wildman–Crippen LogP) is 5.36. The SMILES string of the molecule is COc1ccc(-c2cc(Br)cn2C(=O)OC(C)(C)C)c(Cl)c1. The first-order chi connectivity index (χ1) is 10.2. The van der Waals surface area contributed by atoms with Gasteiger partial charge in [0.25, 0.3) is 0 Å². The molecule has 0 aliphatic heterocycles. The lowest BCUT2D eigenvalue weighted by atomic mass is 10.1. The molecule has 0 bridgehead atoms. The van der Waals surface area contributed by atoms with Crippen molar-refractivity contribution in [3.05, 3.63) is 40.0 Å². The molecule has 2 rings (SSSR count). The minimum atomic E-state index is -0.575. The molecular formula is C16H17BrClNO3. The summed E-state index contributed by atoms with van der Waals surface area (Å²) in [4.78, 5) is 12.4. The molecule has 22 heavy (non-hydrogen) atoms. The number of carbonyl (C=O) groups is 1. The van der Waals surface area contributed by atoms with Gasteiger partial charge in [0.2, 0.25) is 0 Å². The number of rotatable bonds is 2. The van der Waals surface area contributed by atoms with Crippen LogP contribution in [-0.2, 0) is 4.74 Å². The van der Waals surface area contributed by atoms with Crippen LogP contribution in [-0.4, -0.2) is 23.4 Å². The zero-order valence-electron chi connectivity index (χ0n) is 12.8. The highest BCUT2D eigenvalue weighted by Gasteiger charge is 2.21. The molecule has 0 aliphatic carbocycles. The van der Waals surface area contributed by atoms with Crippen LogP contribution >= 0.6 is 27.5 Å². The zero-order chi connectivity index (χ0) is 16.5. The standard InChI is InChI=1S/C16H17BrClNO3/c1-16(2,3)22-15(20)19-9-10(17)7-14(19)12-6-5-11(21-4)8-13(12)18/h5-9H,1-4H3. The average Bonchev–Trinajstić information content (AvgIpc) is 2.78. The molecule has 0 aliphatic rings. The van der Waals surface area contributed by atoms with Crippen molar-refractivity contribution in [1.29, 1.82) is 0 Å². The highest BCUT2D eigenvalue weighted by atomic mass is 79.9. The Kier molecular flexibility index (Phi) is 4.87. The third-order valence-corrected chi connectivity index (χ3v) is 3.58. The van der Waals surface area contributed by atoms with Crippen molar-refractivity contribution in [2.45, 2.75) is 26.4 Å². The van der Waals surface area contributed by atoms with E-state index in [1.807, 2.05) is 32.9 Å². The van der Waals surface area contributed by atoms with Gasteiger partial charge in [-0.05, 0) is 61.0 Å². The second kappa shape index (κ2) is 6.34. The summed E-state index contributed by atoms with van der Waals surface area (Å²) in [6.45, 7) is 5.47. The number of aromatic nitrogens is 1. The van der Waals surface area contributed by atoms with Gasteiger partial charge < -0.3 is 9.47 Å². The van der Waals surface area contributed by atoms with Gasteiger partial charge >= 0.3 is 6.09 Å². The molecule has 0 atom stereocenters. The van der Waals surface area contributed by atoms with Gasteiger partial charge in [-0.3, -0.25) is 4.57 Å². The molecule has 0 spiro atoms. The molecule has 0 N–H and O–H groups in total. The van der Waals surface area contributed by atoms with Gasteiger partial charge in [0.1, 0.15) is 11.4 Å². The lowest BCUT2D eigenvalue weighted by Crippen LogP contribution is -2.27. The van der Waals surface area contributed by atoms with E-state index < -0.39 is 11.7 Å². The van der Waals surface area contributed by atoms with E-state index in [-0.39, 0.29) is 0 Å². The number of hydrogen-bond donors (Lipinski definition) is 0. The minimum Gasteiger partial charge on any atom is -0.497 e. The van der Waals surface area contributed by atoms with E-state index in [1.54, 1.807) is 25.4 Å². The normalized spacial score (nSPS) is 11.4. The second-order valence-corrected chi connectivity index (χ2v) is 7.06. The number of nitrogens with zero attached hydrogens (tertiary/aromatic N) is 1. The lowest BCUT2D eigenvalue weighted by Gasteiger charge is -2.20. The molecule has 0 amide bonds. The Morgan fingerprint density at radius 1 is 1.27 bits per heavy atom. The summed E-state index contributed by atoms with van der Waals surface area (Å²) >= 11 is 9.69. The Bertz CT molecular complexity index is 704. The maximum absolute atomic E-state index is 12.4. The van der Waals surface area contributed by atoms with Crippen LogP contribution in [0, 0.1) is 0 Å². The monoisotopic (exact) mass is 385 g/mol. The largest absolute Gasteiger partial charge is 0.497 e. The lowest BCUT2D eigenvalue weighted by molar-refractivity contribution is 0.0540. The van der Waals surface area contributed by atoms with Crippen molar-refractivity contribution in [2.24, 2.45) is 0 Å². The van der Waals surface area contributed by atoms with Crippen LogP contribution in [0.15, 0.2) is 34.9 Å². The third kappa shape index (κ3) is 3.84. The Morgan fingerprint density at radius 3 is 2.50 bits per heavy atom. The highest BCUT2D eigenvalue weighted by Crippen LogP contribution is 2.34. The summed E-state index contributed by atoms with van der Waals surface area (Å²) in [6, 6.07) is 7.13. The van der Waals surface area contributed by atoms with Crippen LogP contribution in [0.4, 0.5) is 4.79 Å². The number of methoxy groups -OCH3 is 1. The van der Waals surface area contributed by atoms with Crippen molar-refractivity contribution >= 4 is 33.6 Å². The molecule has 0 saturated heterocycles. The van der Waals surface area contributed by atoms with Crippen LogP contribution < -0.4 is 4.74 Å². The fourth-order valence-electron chi connectivity index (χ4n) is 1.93. The molecule has 6 heteroatoms. The van der Waals surface area contributed by atoms with E-state index in [0.29, 0.717) is 16.5 Å². The number of hydrogen-bond acceptors (Lipinski definition) is 3. The van der Waals surface area contributed by atoms with Gasteiger partial charge in [0, 0.05) is 16.2 Å². The topological polar surface area (TPSA) is 40.5 Å². The van der Waals surface area contributed by atoms with E-state index in [2.05, 4.69) is 15.9 Å². The third-order valence-electron chi connectivity index (χ3n) is 2.83. The maximum atomic E-state index is 12.4. The predicted molar refractivity (Wildman–Crippen MR) is 90.8 cm³/mol. The van der Waals surface area contributed by atoms with Gasteiger partial charge in [-0.15, -0.1) is 0 Å². The number of ether oxygens (including phenoxy) is 2. The zero-order valence-corrected chi connectivity index (χ0v) is 15.2. The first-order valence-electron chi connectivity index (χ1n) is 6.66. The minimum absolute atomic E-state index is 0.458. The summed E-state index contributed by atoms with van der Waals surface area (Å²) in [5.74, 6) is 0.656. The van der Waals surface area contributed by atoms with Crippen LogP contribution in [0.1, 0.15) is 20.8 Å². The first-order valence-corrected chi connectivity index (χ1v) is 7.83. The van der Waals surface area contributed by atoms with Crippen LogP contribution in [0.25, 0.3) is 11.3 Å². The Hall–Kier alpha value is -1.46. The summed E-state index contributed by atoms with van der Waals surface area (Å²) in [5.41, 5.74) is 0.794. The van der Waals surface area contributed by atoms with Gasteiger partial charge in [-0.2, -0.15) is 0 Å². The molecule has 0 saturated carbocycles. The fraction of sp³-hybridized carbons (Fsp3) is 0.312. The van der Waals surface area contributed by atoms with E-state index >= 15 is 0 Å². The maximum Gasteiger partial charge on any atom is 0.419 e. The molecule has 0 radical (unpaired) electrons. The molecule has 0 unspecified atom stereocenters. The number of benzene rings is 1. The molecule has 4 nitrogen and oxygen atoms in total. The number of carbonyl (C=O) groups excluding carboxylic acids is 1. The van der Waals surface area contributed by atoms with E-state index in [4.69, 9.17) is 21.1 Å². The van der Waals surface area contributed by atoms with Gasteiger partial charge in [0.05, 0.1) is 17.8 Å². The smallest absolute Gasteiger partial charge is 0.419 e. The molecule has 1 aromatic carbocycles. The quantitative estimate of drug-likeness (QED) is 0.697. The second-order valence-electron chi connectivity index (χ2n) is 5.74. The fourth-order valence-corrected chi connectivity index (χ4v) is 2.62. The first kappa shape index (κ1) is 16.9. The highest BCUT2D eigenvalue weighted by molar-refractivity contribution is 9.10. The average molecular weight is 387 g/mol. The Labute approximate surface area is 143 Å². The van der Waals surface area contributed by atoms with Crippen LogP contribution in [0.3, 0.4) is 0 Å². The van der Waals surface area contributed by atoms with E-state index in [9.17, 15) is 4.79 Å². The van der Waals surface area contributed by atoms with Crippen LogP contribution in [0.2, 0.25) is 5.02 Å². The molecule has 0 fully saturated rings. The summed E-state index contributed by atoms with van der Waals surface area (Å²) < 4.78 is 12.8. The van der Waals surface area contributed by atoms with Crippen molar-refractivity contribution in [3.63, 3.8) is 0 Å². The van der Waals surface area contributed by atoms with E-state index in [0.717, 1.165) is 10.0 Å². The van der Waals surface area contributed by atoms with Gasteiger partial charge in [-0.25, -0.2) is 4.79 Å². The summed E-state index contributed by atoms with van der Waals surface area (Å²) in [6.07, 6.45) is 1.20. The molecule has 2 aromatic rings. The van der Waals surface area contributed by atoms with Crippen molar-refractivity contribution < 1.29 is 14.3 Å². The van der Waals surface area contributed by atoms with E-state index in [1.165, 1.54) is 4.57 Å². The van der Waals surface area contributed by atoms with Crippen molar-refractivity contribution in [1.82, 2.24) is 4.57 Å².